The molecule has 0 atom stereocenters. The van der Waals surface area contributed by atoms with Gasteiger partial charge < -0.3 is 10.2 Å². The van der Waals surface area contributed by atoms with Crippen molar-refractivity contribution in [3.05, 3.63) is 0 Å². The number of hydrogen-bond acceptors (Lipinski definition) is 4. The van der Waals surface area contributed by atoms with Gasteiger partial charge in [-0.1, -0.05) is 20.8 Å². The fourth-order valence-electron chi connectivity index (χ4n) is 1.82. The highest BCUT2D eigenvalue weighted by atomic mass is 32.2. The first-order valence-electron chi connectivity index (χ1n) is 7.46. The standard InChI is InChI=1S/C13H31N3O2S/c1-4-9-14-10-7-8-13-19(17,18)15-11-12-16(5-2)6-3/h14-15H,4-13H2,1-3H3. The van der Waals surface area contributed by atoms with Crippen LogP contribution in [0.15, 0.2) is 0 Å². The Morgan fingerprint density at radius 1 is 0.947 bits per heavy atom. The topological polar surface area (TPSA) is 61.4 Å². The summed E-state index contributed by atoms with van der Waals surface area (Å²) in [6.07, 6.45) is 2.75. The minimum atomic E-state index is -3.09. The molecule has 0 aromatic carbocycles. The number of hydrogen-bond donors (Lipinski definition) is 2. The first-order valence-corrected chi connectivity index (χ1v) is 9.11. The molecule has 0 fully saturated rings. The average molecular weight is 293 g/mol. The smallest absolute Gasteiger partial charge is 0.211 e. The Labute approximate surface area is 119 Å². The van der Waals surface area contributed by atoms with Crippen molar-refractivity contribution in [1.29, 1.82) is 0 Å². The molecule has 0 bridgehead atoms. The van der Waals surface area contributed by atoms with Crippen LogP contribution >= 0.6 is 0 Å². The van der Waals surface area contributed by atoms with Gasteiger partial charge in [-0.3, -0.25) is 0 Å². The van der Waals surface area contributed by atoms with Crippen LogP contribution in [0.3, 0.4) is 0 Å². The molecular weight excluding hydrogens is 262 g/mol. The highest BCUT2D eigenvalue weighted by Gasteiger charge is 2.09. The molecule has 0 amide bonds. The van der Waals surface area contributed by atoms with Gasteiger partial charge in [-0.05, 0) is 45.4 Å². The van der Waals surface area contributed by atoms with Crippen molar-refractivity contribution in [2.75, 3.05) is 45.0 Å². The summed E-state index contributed by atoms with van der Waals surface area (Å²) >= 11 is 0. The number of likely N-dealkylation sites (N-methyl/N-ethyl adjacent to an activating group) is 1. The van der Waals surface area contributed by atoms with Crippen molar-refractivity contribution < 1.29 is 8.42 Å². The molecule has 0 rings (SSSR count). The Morgan fingerprint density at radius 2 is 1.63 bits per heavy atom. The van der Waals surface area contributed by atoms with Crippen LogP contribution in [0.1, 0.15) is 40.0 Å². The summed E-state index contributed by atoms with van der Waals surface area (Å²) in [6.45, 7) is 11.4. The lowest BCUT2D eigenvalue weighted by molar-refractivity contribution is 0.309. The molecular formula is C13H31N3O2S. The van der Waals surface area contributed by atoms with Gasteiger partial charge in [0.2, 0.25) is 10.0 Å². The van der Waals surface area contributed by atoms with Gasteiger partial charge in [-0.15, -0.1) is 0 Å². The number of nitrogens with zero attached hydrogens (tertiary/aromatic N) is 1. The van der Waals surface area contributed by atoms with Crippen molar-refractivity contribution in [3.8, 4) is 0 Å². The van der Waals surface area contributed by atoms with Crippen LogP contribution in [-0.2, 0) is 10.0 Å². The number of unbranched alkanes of at least 4 members (excludes halogenated alkanes) is 1. The molecule has 0 heterocycles. The fraction of sp³-hybridized carbons (Fsp3) is 1.00. The molecule has 0 aliphatic heterocycles. The first-order chi connectivity index (χ1) is 9.05. The lowest BCUT2D eigenvalue weighted by Crippen LogP contribution is -2.35. The van der Waals surface area contributed by atoms with E-state index >= 15 is 0 Å². The van der Waals surface area contributed by atoms with E-state index in [1.54, 1.807) is 0 Å². The van der Waals surface area contributed by atoms with Crippen LogP contribution in [0, 0.1) is 0 Å². The zero-order valence-electron chi connectivity index (χ0n) is 12.7. The lowest BCUT2D eigenvalue weighted by Gasteiger charge is -2.17. The molecule has 0 aliphatic carbocycles. The molecule has 116 valence electrons. The van der Waals surface area contributed by atoms with Crippen LogP contribution in [0.5, 0.6) is 0 Å². The number of nitrogens with one attached hydrogen (secondary N) is 2. The monoisotopic (exact) mass is 293 g/mol. The highest BCUT2D eigenvalue weighted by Crippen LogP contribution is 1.94. The summed E-state index contributed by atoms with van der Waals surface area (Å²) in [5.74, 6) is 0.235. The van der Waals surface area contributed by atoms with E-state index in [9.17, 15) is 8.42 Å². The molecule has 19 heavy (non-hydrogen) atoms. The third-order valence-corrected chi connectivity index (χ3v) is 4.56. The Hall–Kier alpha value is -0.170. The second-order valence-electron chi connectivity index (χ2n) is 4.70. The van der Waals surface area contributed by atoms with E-state index in [4.69, 9.17) is 0 Å². The highest BCUT2D eigenvalue weighted by molar-refractivity contribution is 7.89. The van der Waals surface area contributed by atoms with E-state index in [0.29, 0.717) is 6.54 Å². The number of sulfonamides is 1. The van der Waals surface area contributed by atoms with Crippen molar-refractivity contribution >= 4 is 10.0 Å². The minimum absolute atomic E-state index is 0.235. The van der Waals surface area contributed by atoms with Crippen LogP contribution in [-0.4, -0.2) is 58.3 Å². The third-order valence-electron chi connectivity index (χ3n) is 3.09. The van der Waals surface area contributed by atoms with E-state index in [1.807, 2.05) is 0 Å². The Kier molecular flexibility index (Phi) is 11.5. The van der Waals surface area contributed by atoms with E-state index in [-0.39, 0.29) is 5.75 Å². The van der Waals surface area contributed by atoms with Gasteiger partial charge in [0.1, 0.15) is 0 Å². The van der Waals surface area contributed by atoms with E-state index in [2.05, 4.69) is 35.7 Å². The van der Waals surface area contributed by atoms with Crippen LogP contribution < -0.4 is 10.0 Å². The normalized spacial score (nSPS) is 12.2. The van der Waals surface area contributed by atoms with E-state index in [0.717, 1.165) is 52.0 Å². The SMILES string of the molecule is CCCNCCCCS(=O)(=O)NCCN(CC)CC. The Morgan fingerprint density at radius 3 is 2.21 bits per heavy atom. The second kappa shape index (κ2) is 11.6. The summed E-state index contributed by atoms with van der Waals surface area (Å²) in [5.41, 5.74) is 0. The molecule has 0 unspecified atom stereocenters. The summed E-state index contributed by atoms with van der Waals surface area (Å²) < 4.78 is 26.1. The van der Waals surface area contributed by atoms with Crippen LogP contribution in [0.2, 0.25) is 0 Å². The van der Waals surface area contributed by atoms with Gasteiger partial charge in [0, 0.05) is 13.1 Å². The van der Waals surface area contributed by atoms with Gasteiger partial charge >= 0.3 is 0 Å². The quantitative estimate of drug-likeness (QED) is 0.498. The largest absolute Gasteiger partial charge is 0.317 e. The Bertz CT molecular complexity index is 290. The summed E-state index contributed by atoms with van der Waals surface area (Å²) in [5, 5.41) is 3.27. The van der Waals surface area contributed by atoms with Crippen LogP contribution in [0.4, 0.5) is 0 Å². The maximum absolute atomic E-state index is 11.7. The summed E-state index contributed by atoms with van der Waals surface area (Å²) in [7, 11) is -3.09. The van der Waals surface area contributed by atoms with Crippen molar-refractivity contribution in [1.82, 2.24) is 14.9 Å². The van der Waals surface area contributed by atoms with Crippen molar-refractivity contribution in [3.63, 3.8) is 0 Å². The fourth-order valence-corrected chi connectivity index (χ4v) is 2.95. The summed E-state index contributed by atoms with van der Waals surface area (Å²) in [4.78, 5) is 2.21. The molecule has 2 N–H and O–H groups in total. The minimum Gasteiger partial charge on any atom is -0.317 e. The maximum Gasteiger partial charge on any atom is 0.211 e. The molecule has 5 nitrogen and oxygen atoms in total. The third kappa shape index (κ3) is 11.4. The molecule has 0 radical (unpaired) electrons. The lowest BCUT2D eigenvalue weighted by atomic mass is 10.3. The number of rotatable bonds is 13. The van der Waals surface area contributed by atoms with Gasteiger partial charge in [0.05, 0.1) is 5.75 Å². The molecule has 0 aromatic heterocycles. The predicted octanol–water partition coefficient (Wildman–Crippen LogP) is 1.03. The zero-order chi connectivity index (χ0) is 14.6. The first kappa shape index (κ1) is 18.8. The molecule has 6 heteroatoms. The summed E-state index contributed by atoms with van der Waals surface area (Å²) in [6, 6.07) is 0. The molecule has 0 aliphatic rings. The molecule has 0 aromatic rings. The Balaban J connectivity index is 3.63. The predicted molar refractivity (Wildman–Crippen MR) is 82.0 cm³/mol. The van der Waals surface area contributed by atoms with Gasteiger partial charge in [0.15, 0.2) is 0 Å². The van der Waals surface area contributed by atoms with Gasteiger partial charge in [-0.25, -0.2) is 13.1 Å². The molecule has 0 saturated carbocycles. The van der Waals surface area contributed by atoms with Crippen LogP contribution in [0.25, 0.3) is 0 Å². The van der Waals surface area contributed by atoms with Gasteiger partial charge in [0.25, 0.3) is 0 Å². The average Bonchev–Trinajstić information content (AvgIpc) is 2.39. The maximum atomic E-state index is 11.7. The molecule has 0 spiro atoms. The molecule has 0 saturated heterocycles. The van der Waals surface area contributed by atoms with E-state index in [1.165, 1.54) is 0 Å². The van der Waals surface area contributed by atoms with Crippen molar-refractivity contribution in [2.24, 2.45) is 0 Å². The zero-order valence-corrected chi connectivity index (χ0v) is 13.6. The second-order valence-corrected chi connectivity index (χ2v) is 6.62. The van der Waals surface area contributed by atoms with E-state index < -0.39 is 10.0 Å². The van der Waals surface area contributed by atoms with Crippen molar-refractivity contribution in [2.45, 2.75) is 40.0 Å². The van der Waals surface area contributed by atoms with Gasteiger partial charge in [-0.2, -0.15) is 0 Å².